The molecule has 0 bridgehead atoms. The minimum atomic E-state index is -0.274. The van der Waals surface area contributed by atoms with Crippen molar-refractivity contribution in [1.82, 2.24) is 9.97 Å². The van der Waals surface area contributed by atoms with Crippen LogP contribution in [0.25, 0.3) is 28.3 Å². The van der Waals surface area contributed by atoms with Gasteiger partial charge in [-0.3, -0.25) is 9.97 Å². The van der Waals surface area contributed by atoms with E-state index in [1.165, 1.54) is 27.5 Å². The second-order valence-electron chi connectivity index (χ2n) is 14.3. The maximum atomic E-state index is 6.84. The Morgan fingerprint density at radius 1 is 0.708 bits per heavy atom. The predicted octanol–water partition coefficient (Wildman–Crippen LogP) is 9.14. The van der Waals surface area contributed by atoms with E-state index in [1.54, 1.807) is 0 Å². The van der Waals surface area contributed by atoms with Gasteiger partial charge in [0.05, 0.1) is 11.4 Å². The highest BCUT2D eigenvalue weighted by molar-refractivity contribution is 6.93. The summed E-state index contributed by atoms with van der Waals surface area (Å²) >= 11 is 0. The van der Waals surface area contributed by atoms with Gasteiger partial charge in [0, 0.05) is 34.5 Å². The van der Waals surface area contributed by atoms with Crippen LogP contribution in [0, 0.1) is 0 Å². The van der Waals surface area contributed by atoms with Crippen LogP contribution in [0.15, 0.2) is 139 Å². The van der Waals surface area contributed by atoms with E-state index in [0.29, 0.717) is 0 Å². The van der Waals surface area contributed by atoms with Crippen LogP contribution in [0.1, 0.15) is 51.3 Å². The molecule has 4 aromatic carbocycles. The van der Waals surface area contributed by atoms with Gasteiger partial charge in [-0.15, -0.1) is 0 Å². The number of fused-ring (bicyclic) bond motifs is 3. The highest BCUT2D eigenvalue weighted by Crippen LogP contribution is 2.52. The van der Waals surface area contributed by atoms with Gasteiger partial charge in [0.25, 0.3) is 0 Å². The first-order valence-electron chi connectivity index (χ1n) is 16.6. The smallest absolute Gasteiger partial charge is 0.247 e. The number of aromatic nitrogens is 2. The molecule has 2 aliphatic rings. The molecule has 1 aliphatic heterocycles. The summed E-state index contributed by atoms with van der Waals surface area (Å²) in [5.74, 6) is 3.29. The Balaban J connectivity index is 1.17. The predicted molar refractivity (Wildman–Crippen MR) is 197 cm³/mol. The summed E-state index contributed by atoms with van der Waals surface area (Å²) in [6.45, 7) is 11.3. The highest BCUT2D eigenvalue weighted by Gasteiger charge is 2.49. The number of hydrogen-bond acceptors (Lipinski definition) is 4. The Bertz CT molecular complexity index is 2200. The highest BCUT2D eigenvalue weighted by atomic mass is 16.5. The van der Waals surface area contributed by atoms with Crippen LogP contribution in [0.2, 0.25) is 0 Å². The van der Waals surface area contributed by atoms with E-state index in [2.05, 4.69) is 120 Å². The van der Waals surface area contributed by atoms with Crippen molar-refractivity contribution in [3.63, 3.8) is 0 Å². The first-order chi connectivity index (χ1) is 23.2. The zero-order chi connectivity index (χ0) is 33.0. The van der Waals surface area contributed by atoms with Gasteiger partial charge in [-0.1, -0.05) is 119 Å². The summed E-state index contributed by atoms with van der Waals surface area (Å²) in [4.78, 5) is 9.73. The molecule has 6 aromatic rings. The molecule has 0 unspecified atom stereocenters. The van der Waals surface area contributed by atoms with Crippen molar-refractivity contribution < 1.29 is 9.47 Å². The van der Waals surface area contributed by atoms with Crippen LogP contribution < -0.4 is 20.4 Å². The number of para-hydroxylation sites is 1. The lowest BCUT2D eigenvalue weighted by atomic mass is 9.32. The number of rotatable bonds is 5. The van der Waals surface area contributed by atoms with E-state index in [0.717, 1.165) is 51.1 Å². The molecule has 0 atom stereocenters. The third kappa shape index (κ3) is 5.11. The molecule has 5 heteroatoms. The van der Waals surface area contributed by atoms with Crippen LogP contribution in [-0.2, 0) is 10.8 Å². The molecule has 0 saturated heterocycles. The molecule has 0 N–H and O–H groups in total. The zero-order valence-electron chi connectivity index (χ0n) is 28.0. The fraction of sp³-hybridized carbons (Fsp3) is 0.163. The van der Waals surface area contributed by atoms with Crippen molar-refractivity contribution in [3.8, 4) is 39.8 Å². The molecule has 234 valence electrons. The Labute approximate surface area is 283 Å². The molecular weight excluding hydrogens is 587 g/mol. The van der Waals surface area contributed by atoms with Crippen LogP contribution in [0.5, 0.6) is 17.2 Å². The number of nitrogens with zero attached hydrogens (tertiary/aromatic N) is 2. The summed E-state index contributed by atoms with van der Waals surface area (Å²) in [7, 11) is 0. The topological polar surface area (TPSA) is 44.2 Å². The van der Waals surface area contributed by atoms with Crippen molar-refractivity contribution in [2.75, 3.05) is 0 Å². The molecule has 8 rings (SSSR count). The zero-order valence-corrected chi connectivity index (χ0v) is 28.0. The second-order valence-corrected chi connectivity index (χ2v) is 14.3. The third-order valence-corrected chi connectivity index (χ3v) is 9.74. The molecule has 48 heavy (non-hydrogen) atoms. The maximum Gasteiger partial charge on any atom is 0.247 e. The Kier molecular flexibility index (Phi) is 7.10. The normalized spacial score (nSPS) is 14.6. The summed E-state index contributed by atoms with van der Waals surface area (Å²) in [6, 6.07) is 41.9. The lowest BCUT2D eigenvalue weighted by Gasteiger charge is -2.33. The molecule has 4 nitrogen and oxygen atoms in total. The van der Waals surface area contributed by atoms with Crippen molar-refractivity contribution >= 4 is 23.4 Å². The van der Waals surface area contributed by atoms with E-state index in [9.17, 15) is 0 Å². The number of allylic oxidation sites excluding steroid dienone is 1. The lowest BCUT2D eigenvalue weighted by Crippen LogP contribution is -2.50. The lowest BCUT2D eigenvalue weighted by molar-refractivity contribution is 0.483. The van der Waals surface area contributed by atoms with Crippen molar-refractivity contribution in [2.45, 2.75) is 45.4 Å². The minimum Gasteiger partial charge on any atom is -0.458 e. The average Bonchev–Trinajstić information content (AvgIpc) is 3.33. The van der Waals surface area contributed by atoms with Gasteiger partial charge in [0.1, 0.15) is 23.0 Å². The van der Waals surface area contributed by atoms with E-state index < -0.39 is 0 Å². The molecular formula is C43H37BN2O2. The van der Waals surface area contributed by atoms with Gasteiger partial charge in [-0.2, -0.15) is 0 Å². The Hall–Kier alpha value is -5.42. The minimum absolute atomic E-state index is 0.0558. The third-order valence-electron chi connectivity index (χ3n) is 9.74. The number of hydrogen-bond donors (Lipinski definition) is 0. The van der Waals surface area contributed by atoms with E-state index in [-0.39, 0.29) is 17.5 Å². The number of ether oxygens (including phenoxy) is 2. The first-order valence-corrected chi connectivity index (χ1v) is 16.6. The van der Waals surface area contributed by atoms with Crippen molar-refractivity contribution in [3.05, 3.63) is 156 Å². The van der Waals surface area contributed by atoms with Gasteiger partial charge >= 0.3 is 0 Å². The second kappa shape index (κ2) is 11.4. The summed E-state index contributed by atoms with van der Waals surface area (Å²) < 4.78 is 13.3. The quantitative estimate of drug-likeness (QED) is 0.180. The van der Waals surface area contributed by atoms with E-state index in [1.807, 2.05) is 48.8 Å². The van der Waals surface area contributed by atoms with Gasteiger partial charge in [0.2, 0.25) is 6.71 Å². The summed E-state index contributed by atoms with van der Waals surface area (Å²) in [5, 5.41) is 0. The molecule has 1 aliphatic carbocycles. The standard InChI is InChI=1S/C43H37BN2O2/c1-42(2,3)30-21-22-36(46-27-30)28-13-11-17-32(25-28)47-33-18-12-14-29(26-33)39-38-34(23-24-45-39)43(4,5)41-40(38)48-37-20-10-9-19-35(37)44(41)31-15-7-6-8-16-31/h6-27H,1-5H3. The van der Waals surface area contributed by atoms with Gasteiger partial charge in [0.15, 0.2) is 0 Å². The number of benzene rings is 4. The van der Waals surface area contributed by atoms with E-state index >= 15 is 0 Å². The molecule has 0 radical (unpaired) electrons. The van der Waals surface area contributed by atoms with Crippen LogP contribution in [0.3, 0.4) is 0 Å². The molecule has 0 saturated carbocycles. The fourth-order valence-corrected chi connectivity index (χ4v) is 7.23. The largest absolute Gasteiger partial charge is 0.458 e. The molecule has 0 spiro atoms. The molecule has 0 amide bonds. The number of pyridine rings is 2. The van der Waals surface area contributed by atoms with Gasteiger partial charge < -0.3 is 9.47 Å². The van der Waals surface area contributed by atoms with Gasteiger partial charge in [-0.05, 0) is 69.9 Å². The van der Waals surface area contributed by atoms with Gasteiger partial charge in [-0.25, -0.2) is 0 Å². The Morgan fingerprint density at radius 2 is 1.42 bits per heavy atom. The van der Waals surface area contributed by atoms with Crippen molar-refractivity contribution in [2.24, 2.45) is 0 Å². The fourth-order valence-electron chi connectivity index (χ4n) is 7.23. The SMILES string of the molecule is CC(C)(C)c1ccc(-c2cccc(Oc3cccc(-c4nccc5c4C4=C(B(c6ccccc6)c6ccccc6O4)C5(C)C)c3)c2)nc1. The monoisotopic (exact) mass is 624 g/mol. The average molecular weight is 625 g/mol. The van der Waals surface area contributed by atoms with Crippen LogP contribution in [0.4, 0.5) is 0 Å². The van der Waals surface area contributed by atoms with Crippen molar-refractivity contribution in [1.29, 1.82) is 0 Å². The maximum absolute atomic E-state index is 6.84. The Morgan fingerprint density at radius 3 is 2.15 bits per heavy atom. The summed E-state index contributed by atoms with van der Waals surface area (Å²) in [5.41, 5.74) is 10.8. The van der Waals surface area contributed by atoms with Crippen LogP contribution >= 0.6 is 0 Å². The molecule has 0 fully saturated rings. The first kappa shape index (κ1) is 30.0. The van der Waals surface area contributed by atoms with Crippen LogP contribution in [-0.4, -0.2) is 16.7 Å². The molecule has 2 aromatic heterocycles. The van der Waals surface area contributed by atoms with E-state index in [4.69, 9.17) is 19.4 Å². The summed E-state index contributed by atoms with van der Waals surface area (Å²) in [6.07, 6.45) is 3.89. The molecule has 3 heterocycles.